The largest absolute Gasteiger partial charge is 0.586 e. The number of carbonyl (C=O) groups excluding carboxylic acids is 1. The number of benzene rings is 2. The van der Waals surface area contributed by atoms with E-state index in [9.17, 15) is 26.7 Å². The second-order valence-corrected chi connectivity index (χ2v) is 12.0. The molecule has 0 saturated heterocycles. The third-order valence-electron chi connectivity index (χ3n) is 8.93. The minimum Gasteiger partial charge on any atom is -0.486 e. The molecular weight excluding hydrogens is 577 g/mol. The molecule has 3 aromatic rings. The maximum absolute atomic E-state index is 14.2. The quantitative estimate of drug-likeness (QED) is 0.226. The Morgan fingerprint density at radius 2 is 1.84 bits per heavy atom. The highest BCUT2D eigenvalue weighted by Crippen LogP contribution is 2.74. The molecule has 43 heavy (non-hydrogen) atoms. The van der Waals surface area contributed by atoms with Crippen LogP contribution in [0.2, 0.25) is 0 Å². The number of alkyl halides is 5. The molecule has 3 saturated carbocycles. The number of carbonyl (C=O) groups is 1. The van der Waals surface area contributed by atoms with E-state index in [0.29, 0.717) is 61.6 Å². The van der Waals surface area contributed by atoms with Gasteiger partial charge in [0.2, 0.25) is 0 Å². The van der Waals surface area contributed by atoms with Crippen LogP contribution in [0.5, 0.6) is 17.2 Å². The van der Waals surface area contributed by atoms with Crippen LogP contribution in [0.25, 0.3) is 5.69 Å². The Bertz CT molecular complexity index is 1600. The predicted octanol–water partition coefficient (Wildman–Crippen LogP) is 6.45. The topological polar surface area (TPSA) is 75.1 Å². The Labute approximate surface area is 243 Å². The van der Waals surface area contributed by atoms with Crippen molar-refractivity contribution in [2.75, 3.05) is 25.1 Å². The molecule has 1 aromatic heterocycles. The van der Waals surface area contributed by atoms with Crippen LogP contribution < -0.4 is 19.1 Å². The molecular formula is C30H28F5N3O5. The average Bonchev–Trinajstić information content (AvgIpc) is 3.46. The van der Waals surface area contributed by atoms with E-state index in [2.05, 4.69) is 14.6 Å². The highest BCUT2D eigenvalue weighted by Gasteiger charge is 2.72. The molecule has 0 N–H and O–H groups in total. The number of hydrogen-bond acceptors (Lipinski definition) is 7. The van der Waals surface area contributed by atoms with Gasteiger partial charge in [-0.3, -0.25) is 4.79 Å². The third kappa shape index (κ3) is 4.54. The second-order valence-electron chi connectivity index (χ2n) is 12.0. The Hall–Kier alpha value is -4.03. The molecule has 8 rings (SSSR count). The van der Waals surface area contributed by atoms with Crippen molar-refractivity contribution in [3.63, 3.8) is 0 Å². The fraction of sp³-hybridized carbons (Fsp3) is 0.467. The second kappa shape index (κ2) is 9.23. The lowest BCUT2D eigenvalue weighted by Crippen LogP contribution is -2.69. The molecule has 2 aromatic carbocycles. The van der Waals surface area contributed by atoms with Crippen molar-refractivity contribution in [3.05, 3.63) is 59.3 Å². The van der Waals surface area contributed by atoms with Gasteiger partial charge in [-0.15, -0.1) is 8.78 Å². The van der Waals surface area contributed by atoms with Gasteiger partial charge in [-0.05, 0) is 74.3 Å². The highest BCUT2D eigenvalue weighted by molar-refractivity contribution is 5.81. The number of rotatable bonds is 7. The summed E-state index contributed by atoms with van der Waals surface area (Å²) < 4.78 is 90.8. The van der Waals surface area contributed by atoms with E-state index in [1.54, 1.807) is 37.3 Å². The van der Waals surface area contributed by atoms with Crippen molar-refractivity contribution in [2.45, 2.75) is 57.6 Å². The number of fused-ring (bicyclic) bond motifs is 2. The van der Waals surface area contributed by atoms with Crippen LogP contribution >= 0.6 is 0 Å². The summed E-state index contributed by atoms with van der Waals surface area (Å²) in [6, 6.07) is 10.9. The third-order valence-corrected chi connectivity index (χ3v) is 8.93. The molecule has 228 valence electrons. The molecule has 1 unspecified atom stereocenters. The van der Waals surface area contributed by atoms with Crippen LogP contribution in [0, 0.1) is 10.8 Å². The van der Waals surface area contributed by atoms with E-state index in [1.165, 1.54) is 23.9 Å². The van der Waals surface area contributed by atoms with Gasteiger partial charge in [-0.1, -0.05) is 12.1 Å². The zero-order chi connectivity index (χ0) is 30.4. The number of aromatic nitrogens is 2. The minimum absolute atomic E-state index is 0.0873. The van der Waals surface area contributed by atoms with Gasteiger partial charge in [0.1, 0.15) is 17.7 Å². The summed E-state index contributed by atoms with van der Waals surface area (Å²) in [7, 11) is 1.37. The molecule has 3 fully saturated rings. The highest BCUT2D eigenvalue weighted by atomic mass is 19.4. The fourth-order valence-corrected chi connectivity index (χ4v) is 7.29. The summed E-state index contributed by atoms with van der Waals surface area (Å²) in [5.41, 5.74) is -0.414. The van der Waals surface area contributed by atoms with Gasteiger partial charge in [0, 0.05) is 24.7 Å². The summed E-state index contributed by atoms with van der Waals surface area (Å²) in [6.45, 7) is 2.81. The number of ether oxygens (including phenoxy) is 4. The van der Waals surface area contributed by atoms with Crippen LogP contribution in [-0.2, 0) is 22.1 Å². The Morgan fingerprint density at radius 3 is 2.56 bits per heavy atom. The monoisotopic (exact) mass is 605 g/mol. The normalized spacial score (nSPS) is 25.3. The van der Waals surface area contributed by atoms with Crippen LogP contribution in [0.3, 0.4) is 0 Å². The lowest BCUT2D eigenvalue weighted by molar-refractivity contribution is -0.286. The van der Waals surface area contributed by atoms with Gasteiger partial charge < -0.3 is 23.8 Å². The Kier molecular flexibility index (Phi) is 5.97. The SMILES string of the molecule is COC(=O)C12CC(CN3CCCc4c(C(F)(F)F)nn(-c5cccc(OC(C)c6ccc7c(c6)OC(F)(F)O7)c5)c43)(C1)C2. The van der Waals surface area contributed by atoms with Gasteiger partial charge in [-0.25, -0.2) is 4.68 Å². The van der Waals surface area contributed by atoms with E-state index < -0.39 is 29.7 Å². The summed E-state index contributed by atoms with van der Waals surface area (Å²) >= 11 is 0. The molecule has 3 aliphatic carbocycles. The first-order valence-electron chi connectivity index (χ1n) is 14.0. The Morgan fingerprint density at radius 1 is 1.09 bits per heavy atom. The summed E-state index contributed by atoms with van der Waals surface area (Å²) in [5, 5.41) is 4.08. The van der Waals surface area contributed by atoms with E-state index in [0.717, 1.165) is 0 Å². The van der Waals surface area contributed by atoms with Crippen molar-refractivity contribution in [3.8, 4) is 22.9 Å². The Balaban J connectivity index is 1.17. The predicted molar refractivity (Wildman–Crippen MR) is 142 cm³/mol. The lowest BCUT2D eigenvalue weighted by atomic mass is 9.35. The van der Waals surface area contributed by atoms with Crippen LogP contribution in [0.4, 0.5) is 27.8 Å². The number of hydrogen-bond donors (Lipinski definition) is 0. The molecule has 2 aliphatic heterocycles. The van der Waals surface area contributed by atoms with E-state index >= 15 is 0 Å². The number of methoxy groups -OCH3 is 1. The summed E-state index contributed by atoms with van der Waals surface area (Å²) in [4.78, 5) is 14.2. The molecule has 3 heterocycles. The molecule has 5 aliphatic rings. The fourth-order valence-electron chi connectivity index (χ4n) is 7.29. The molecule has 13 heteroatoms. The van der Waals surface area contributed by atoms with E-state index in [1.807, 2.05) is 4.90 Å². The van der Waals surface area contributed by atoms with Crippen molar-refractivity contribution < 1.29 is 45.7 Å². The number of anilines is 1. The first-order valence-corrected chi connectivity index (χ1v) is 14.0. The van der Waals surface area contributed by atoms with Crippen molar-refractivity contribution in [2.24, 2.45) is 10.8 Å². The molecule has 8 nitrogen and oxygen atoms in total. The summed E-state index contributed by atoms with van der Waals surface area (Å²) in [6.07, 6.45) is -6.20. The van der Waals surface area contributed by atoms with Gasteiger partial charge in [0.05, 0.1) is 18.2 Å². The van der Waals surface area contributed by atoms with E-state index in [4.69, 9.17) is 9.47 Å². The van der Waals surface area contributed by atoms with Crippen LogP contribution in [-0.4, -0.2) is 42.2 Å². The number of halogens is 5. The first kappa shape index (κ1) is 27.8. The van der Waals surface area contributed by atoms with Crippen LogP contribution in [0.1, 0.15) is 55.5 Å². The average molecular weight is 606 g/mol. The van der Waals surface area contributed by atoms with Gasteiger partial charge in [-0.2, -0.15) is 18.3 Å². The molecule has 0 spiro atoms. The minimum atomic E-state index is -4.64. The molecule has 0 amide bonds. The van der Waals surface area contributed by atoms with Gasteiger partial charge in [0.25, 0.3) is 0 Å². The zero-order valence-corrected chi connectivity index (χ0v) is 23.3. The lowest BCUT2D eigenvalue weighted by Gasteiger charge is -2.69. The maximum Gasteiger partial charge on any atom is 0.586 e. The van der Waals surface area contributed by atoms with E-state index in [-0.39, 0.29) is 34.9 Å². The number of esters is 1. The maximum atomic E-state index is 14.2. The smallest absolute Gasteiger partial charge is 0.486 e. The van der Waals surface area contributed by atoms with Crippen molar-refractivity contribution in [1.29, 1.82) is 0 Å². The zero-order valence-electron chi connectivity index (χ0n) is 23.3. The summed E-state index contributed by atoms with van der Waals surface area (Å²) in [5.74, 6) is 0.333. The van der Waals surface area contributed by atoms with Crippen LogP contribution in [0.15, 0.2) is 42.5 Å². The van der Waals surface area contributed by atoms with Gasteiger partial charge in [0.15, 0.2) is 17.2 Å². The molecule has 2 bridgehead atoms. The molecule has 0 radical (unpaired) electrons. The number of nitrogens with zero attached hydrogens (tertiary/aromatic N) is 3. The molecule has 1 atom stereocenters. The van der Waals surface area contributed by atoms with Crippen molar-refractivity contribution >= 4 is 11.8 Å². The van der Waals surface area contributed by atoms with Gasteiger partial charge >= 0.3 is 18.4 Å². The van der Waals surface area contributed by atoms with Crippen molar-refractivity contribution in [1.82, 2.24) is 9.78 Å². The first-order chi connectivity index (χ1) is 20.3. The standard InChI is InChI=1S/C30H28F5N3O5/c1-17(18-8-9-22-23(11-18)43-30(34,35)42-22)41-20-6-3-5-19(12-20)38-25-21(24(36-38)29(31,32)33)7-4-10-37(25)16-27-13-28(14-27,15-27)26(39)40-2/h3,5-6,8-9,11-12,17H,4,7,10,13-16H2,1-2H3.